The van der Waals surface area contributed by atoms with E-state index >= 15 is 0 Å². The number of benzene rings is 2. The lowest BCUT2D eigenvalue weighted by Crippen LogP contribution is -2.17. The SMILES string of the molecule is Cc1ccc(C(=O)c2ccc(OC(F)(F)F)cc2)cc1. The van der Waals surface area contributed by atoms with Gasteiger partial charge in [-0.25, -0.2) is 0 Å². The summed E-state index contributed by atoms with van der Waals surface area (Å²) in [5.74, 6) is -0.596. The highest BCUT2D eigenvalue weighted by Gasteiger charge is 2.31. The zero-order valence-corrected chi connectivity index (χ0v) is 10.6. The third-order valence-corrected chi connectivity index (χ3v) is 2.66. The minimum atomic E-state index is -4.73. The Labute approximate surface area is 113 Å². The maximum atomic E-state index is 12.1. The molecule has 104 valence electrons. The molecule has 20 heavy (non-hydrogen) atoms. The molecule has 0 spiro atoms. The second-order valence-corrected chi connectivity index (χ2v) is 4.27. The molecule has 2 aromatic carbocycles. The number of alkyl halides is 3. The molecule has 0 saturated carbocycles. The van der Waals surface area contributed by atoms with Gasteiger partial charge in [0.05, 0.1) is 0 Å². The van der Waals surface area contributed by atoms with Crippen LogP contribution in [0.1, 0.15) is 21.5 Å². The van der Waals surface area contributed by atoms with Crippen LogP contribution in [0.2, 0.25) is 0 Å². The lowest BCUT2D eigenvalue weighted by atomic mass is 10.0. The molecule has 0 aliphatic rings. The molecule has 0 aliphatic carbocycles. The number of hydrogen-bond acceptors (Lipinski definition) is 2. The van der Waals surface area contributed by atoms with Crippen molar-refractivity contribution < 1.29 is 22.7 Å². The second kappa shape index (κ2) is 5.36. The Bertz CT molecular complexity index is 599. The predicted molar refractivity (Wildman–Crippen MR) is 67.7 cm³/mol. The van der Waals surface area contributed by atoms with Crippen molar-refractivity contribution in [2.45, 2.75) is 13.3 Å². The molecule has 0 heterocycles. The Hall–Kier alpha value is -2.30. The summed E-state index contributed by atoms with van der Waals surface area (Å²) in [4.78, 5) is 12.1. The minimum Gasteiger partial charge on any atom is -0.406 e. The molecule has 2 nitrogen and oxygen atoms in total. The third kappa shape index (κ3) is 3.60. The topological polar surface area (TPSA) is 26.3 Å². The van der Waals surface area contributed by atoms with Gasteiger partial charge in [-0.05, 0) is 31.2 Å². The van der Waals surface area contributed by atoms with Gasteiger partial charge in [0.2, 0.25) is 0 Å². The molecule has 0 unspecified atom stereocenters. The van der Waals surface area contributed by atoms with Crippen molar-refractivity contribution >= 4 is 5.78 Å². The zero-order valence-electron chi connectivity index (χ0n) is 10.6. The van der Waals surface area contributed by atoms with E-state index < -0.39 is 6.36 Å². The number of ether oxygens (including phenoxy) is 1. The van der Waals surface area contributed by atoms with Crippen LogP contribution in [0, 0.1) is 6.92 Å². The summed E-state index contributed by atoms with van der Waals surface area (Å²) in [5, 5.41) is 0. The minimum absolute atomic E-state index is 0.247. The summed E-state index contributed by atoms with van der Waals surface area (Å²) in [6.45, 7) is 1.90. The average molecular weight is 280 g/mol. The van der Waals surface area contributed by atoms with Gasteiger partial charge in [0.1, 0.15) is 5.75 Å². The molecular weight excluding hydrogens is 269 g/mol. The van der Waals surface area contributed by atoms with Gasteiger partial charge >= 0.3 is 6.36 Å². The number of rotatable bonds is 3. The Morgan fingerprint density at radius 2 is 1.35 bits per heavy atom. The molecule has 2 aromatic rings. The monoisotopic (exact) mass is 280 g/mol. The number of aryl methyl sites for hydroxylation is 1. The predicted octanol–water partition coefficient (Wildman–Crippen LogP) is 4.12. The standard InChI is InChI=1S/C15H11F3O2/c1-10-2-4-11(5-3-10)14(19)12-6-8-13(9-7-12)20-15(16,17)18/h2-9H,1H3. The van der Waals surface area contributed by atoms with Crippen molar-refractivity contribution in [3.05, 3.63) is 65.2 Å². The second-order valence-electron chi connectivity index (χ2n) is 4.27. The highest BCUT2D eigenvalue weighted by atomic mass is 19.4. The van der Waals surface area contributed by atoms with Crippen LogP contribution in [-0.4, -0.2) is 12.1 Å². The van der Waals surface area contributed by atoms with Gasteiger partial charge in [0.15, 0.2) is 5.78 Å². The van der Waals surface area contributed by atoms with Crippen LogP contribution in [0.15, 0.2) is 48.5 Å². The molecule has 0 fully saturated rings. The first-order valence-corrected chi connectivity index (χ1v) is 5.82. The largest absolute Gasteiger partial charge is 0.573 e. The van der Waals surface area contributed by atoms with E-state index in [9.17, 15) is 18.0 Å². The summed E-state index contributed by atoms with van der Waals surface area (Å²) in [6.07, 6.45) is -4.73. The van der Waals surface area contributed by atoms with Crippen molar-refractivity contribution in [2.24, 2.45) is 0 Å². The Balaban J connectivity index is 2.17. The van der Waals surface area contributed by atoms with E-state index in [1.54, 1.807) is 24.3 Å². The number of halogens is 3. The fourth-order valence-corrected chi connectivity index (χ4v) is 1.68. The van der Waals surface area contributed by atoms with Crippen molar-refractivity contribution in [3.8, 4) is 5.75 Å². The van der Waals surface area contributed by atoms with Crippen LogP contribution in [0.4, 0.5) is 13.2 Å². The highest BCUT2D eigenvalue weighted by Crippen LogP contribution is 2.23. The number of carbonyl (C=O) groups is 1. The van der Waals surface area contributed by atoms with E-state index in [2.05, 4.69) is 4.74 Å². The van der Waals surface area contributed by atoms with Crippen molar-refractivity contribution in [3.63, 3.8) is 0 Å². The van der Waals surface area contributed by atoms with Crippen molar-refractivity contribution in [2.75, 3.05) is 0 Å². The van der Waals surface area contributed by atoms with Crippen LogP contribution in [0.5, 0.6) is 5.75 Å². The Kier molecular flexibility index (Phi) is 3.79. The highest BCUT2D eigenvalue weighted by molar-refractivity contribution is 6.09. The van der Waals surface area contributed by atoms with Gasteiger partial charge < -0.3 is 4.74 Å². The molecule has 0 aromatic heterocycles. The normalized spacial score (nSPS) is 11.2. The third-order valence-electron chi connectivity index (χ3n) is 2.66. The maximum absolute atomic E-state index is 12.1. The number of hydrogen-bond donors (Lipinski definition) is 0. The Morgan fingerprint density at radius 1 is 0.900 bits per heavy atom. The molecule has 0 N–H and O–H groups in total. The summed E-state index contributed by atoms with van der Waals surface area (Å²) in [5.41, 5.74) is 1.82. The van der Waals surface area contributed by atoms with E-state index in [4.69, 9.17) is 0 Å². The maximum Gasteiger partial charge on any atom is 0.573 e. The van der Waals surface area contributed by atoms with Crippen molar-refractivity contribution in [1.82, 2.24) is 0 Å². The lowest BCUT2D eigenvalue weighted by Gasteiger charge is -2.09. The van der Waals surface area contributed by atoms with E-state index in [-0.39, 0.29) is 11.5 Å². The molecule has 0 aliphatic heterocycles. The van der Waals surface area contributed by atoms with E-state index in [0.29, 0.717) is 11.1 Å². The smallest absolute Gasteiger partial charge is 0.406 e. The van der Waals surface area contributed by atoms with Gasteiger partial charge in [-0.3, -0.25) is 4.79 Å². The van der Waals surface area contributed by atoms with Crippen LogP contribution in [0.3, 0.4) is 0 Å². The van der Waals surface area contributed by atoms with Gasteiger partial charge in [0.25, 0.3) is 0 Å². The molecule has 2 rings (SSSR count). The summed E-state index contributed by atoms with van der Waals surface area (Å²) in [7, 11) is 0. The van der Waals surface area contributed by atoms with Crippen LogP contribution >= 0.6 is 0 Å². The summed E-state index contributed by atoms with van der Waals surface area (Å²) < 4.78 is 39.8. The van der Waals surface area contributed by atoms with Crippen LogP contribution < -0.4 is 4.74 Å². The van der Waals surface area contributed by atoms with Crippen LogP contribution in [0.25, 0.3) is 0 Å². The molecule has 0 amide bonds. The van der Waals surface area contributed by atoms with E-state index in [1.807, 2.05) is 6.92 Å². The van der Waals surface area contributed by atoms with Gasteiger partial charge in [-0.2, -0.15) is 0 Å². The van der Waals surface area contributed by atoms with Crippen LogP contribution in [-0.2, 0) is 0 Å². The first-order chi connectivity index (χ1) is 9.35. The van der Waals surface area contributed by atoms with Crippen molar-refractivity contribution in [1.29, 1.82) is 0 Å². The summed E-state index contributed by atoms with van der Waals surface area (Å²) in [6, 6.07) is 11.8. The van der Waals surface area contributed by atoms with E-state index in [0.717, 1.165) is 17.7 Å². The van der Waals surface area contributed by atoms with Gasteiger partial charge in [-0.15, -0.1) is 13.2 Å². The van der Waals surface area contributed by atoms with Gasteiger partial charge in [0, 0.05) is 11.1 Å². The molecular formula is C15H11F3O2. The molecule has 0 saturated heterocycles. The number of carbonyl (C=O) groups excluding carboxylic acids is 1. The number of ketones is 1. The van der Waals surface area contributed by atoms with Gasteiger partial charge in [-0.1, -0.05) is 29.8 Å². The Morgan fingerprint density at radius 3 is 1.80 bits per heavy atom. The fourth-order valence-electron chi connectivity index (χ4n) is 1.68. The quantitative estimate of drug-likeness (QED) is 0.790. The average Bonchev–Trinajstić information content (AvgIpc) is 2.38. The summed E-state index contributed by atoms with van der Waals surface area (Å²) >= 11 is 0. The zero-order chi connectivity index (χ0) is 14.8. The first-order valence-electron chi connectivity index (χ1n) is 5.82. The fraction of sp³-hybridized carbons (Fsp3) is 0.133. The van der Waals surface area contributed by atoms with E-state index in [1.165, 1.54) is 12.1 Å². The molecule has 0 atom stereocenters. The molecule has 0 radical (unpaired) electrons. The lowest BCUT2D eigenvalue weighted by molar-refractivity contribution is -0.274. The molecule has 0 bridgehead atoms. The molecule has 5 heteroatoms. The first kappa shape index (κ1) is 14.1.